The molecule has 0 bridgehead atoms. The van der Waals surface area contributed by atoms with Crippen LogP contribution in [0.2, 0.25) is 0 Å². The van der Waals surface area contributed by atoms with E-state index in [1.165, 1.54) is 12.1 Å². The smallest absolute Gasteiger partial charge is 0.197 e. The predicted molar refractivity (Wildman–Crippen MR) is 61.0 cm³/mol. The highest BCUT2D eigenvalue weighted by atomic mass is 19.2. The topological polar surface area (TPSA) is 26.3 Å². The molecule has 4 heteroatoms. The SMILES string of the molecule is CCOC(C)(CC)C(=O)c1cccc(F)c1F. The van der Waals surface area contributed by atoms with Crippen molar-refractivity contribution in [3.63, 3.8) is 0 Å². The lowest BCUT2D eigenvalue weighted by Gasteiger charge is -2.26. The maximum Gasteiger partial charge on any atom is 0.197 e. The Morgan fingerprint density at radius 3 is 2.53 bits per heavy atom. The lowest BCUT2D eigenvalue weighted by Crippen LogP contribution is -2.38. The van der Waals surface area contributed by atoms with Gasteiger partial charge >= 0.3 is 0 Å². The summed E-state index contributed by atoms with van der Waals surface area (Å²) in [4.78, 5) is 12.1. The molecular formula is C13H16F2O2. The number of Topliss-reactive ketones (excluding diaryl/α,β-unsaturated/α-hetero) is 1. The van der Waals surface area contributed by atoms with Gasteiger partial charge in [0.05, 0.1) is 5.56 Å². The summed E-state index contributed by atoms with van der Waals surface area (Å²) >= 11 is 0. The molecule has 0 aliphatic carbocycles. The van der Waals surface area contributed by atoms with Gasteiger partial charge in [0.2, 0.25) is 0 Å². The van der Waals surface area contributed by atoms with Gasteiger partial charge in [-0.2, -0.15) is 0 Å². The van der Waals surface area contributed by atoms with Crippen LogP contribution < -0.4 is 0 Å². The Morgan fingerprint density at radius 2 is 2.00 bits per heavy atom. The number of halogens is 2. The van der Waals surface area contributed by atoms with E-state index in [9.17, 15) is 13.6 Å². The van der Waals surface area contributed by atoms with Crippen molar-refractivity contribution in [2.24, 2.45) is 0 Å². The maximum atomic E-state index is 13.5. The molecular weight excluding hydrogens is 226 g/mol. The number of benzene rings is 1. The summed E-state index contributed by atoms with van der Waals surface area (Å²) in [5, 5.41) is 0. The summed E-state index contributed by atoms with van der Waals surface area (Å²) in [6.45, 7) is 5.45. The van der Waals surface area contributed by atoms with Crippen LogP contribution in [0.1, 0.15) is 37.6 Å². The van der Waals surface area contributed by atoms with Gasteiger partial charge in [0, 0.05) is 6.61 Å². The van der Waals surface area contributed by atoms with E-state index in [0.29, 0.717) is 13.0 Å². The summed E-state index contributed by atoms with van der Waals surface area (Å²) in [7, 11) is 0. The van der Waals surface area contributed by atoms with Crippen LogP contribution in [-0.2, 0) is 4.74 Å². The number of hydrogen-bond acceptors (Lipinski definition) is 2. The van der Waals surface area contributed by atoms with Gasteiger partial charge in [-0.3, -0.25) is 4.79 Å². The van der Waals surface area contributed by atoms with Crippen LogP contribution in [-0.4, -0.2) is 18.0 Å². The summed E-state index contributed by atoms with van der Waals surface area (Å²) < 4.78 is 31.9. The fourth-order valence-corrected chi connectivity index (χ4v) is 1.61. The first kappa shape index (κ1) is 13.8. The Kier molecular flexibility index (Phi) is 4.34. The number of rotatable bonds is 5. The van der Waals surface area contributed by atoms with E-state index >= 15 is 0 Å². The van der Waals surface area contributed by atoms with Gasteiger partial charge in [-0.05, 0) is 32.4 Å². The van der Waals surface area contributed by atoms with Crippen molar-refractivity contribution in [1.82, 2.24) is 0 Å². The lowest BCUT2D eigenvalue weighted by molar-refractivity contribution is -0.0119. The molecule has 0 N–H and O–H groups in total. The third-order valence-electron chi connectivity index (χ3n) is 2.81. The van der Waals surface area contributed by atoms with Crippen LogP contribution in [0.3, 0.4) is 0 Å². The minimum absolute atomic E-state index is 0.261. The average Bonchev–Trinajstić information content (AvgIpc) is 2.32. The van der Waals surface area contributed by atoms with Crippen LogP contribution in [0.25, 0.3) is 0 Å². The average molecular weight is 242 g/mol. The second-order valence-corrected chi connectivity index (χ2v) is 3.95. The van der Waals surface area contributed by atoms with Gasteiger partial charge in [0.1, 0.15) is 5.60 Å². The molecule has 0 aromatic heterocycles. The van der Waals surface area contributed by atoms with Crippen molar-refractivity contribution in [2.75, 3.05) is 6.61 Å². The van der Waals surface area contributed by atoms with Gasteiger partial charge in [-0.25, -0.2) is 8.78 Å². The monoisotopic (exact) mass is 242 g/mol. The molecule has 1 aromatic rings. The minimum atomic E-state index is -1.11. The zero-order valence-corrected chi connectivity index (χ0v) is 10.2. The van der Waals surface area contributed by atoms with Gasteiger partial charge in [-0.15, -0.1) is 0 Å². The fraction of sp³-hybridized carbons (Fsp3) is 0.462. The molecule has 0 saturated heterocycles. The molecule has 1 unspecified atom stereocenters. The summed E-state index contributed by atoms with van der Waals surface area (Å²) in [5.74, 6) is -2.67. The van der Waals surface area contributed by atoms with Crippen molar-refractivity contribution in [3.05, 3.63) is 35.4 Å². The van der Waals surface area contributed by atoms with Crippen LogP contribution in [0.15, 0.2) is 18.2 Å². The van der Waals surface area contributed by atoms with Crippen LogP contribution >= 0.6 is 0 Å². The molecule has 2 nitrogen and oxygen atoms in total. The van der Waals surface area contributed by atoms with Crippen molar-refractivity contribution in [1.29, 1.82) is 0 Å². The molecule has 1 rings (SSSR count). The number of ether oxygens (including phenoxy) is 1. The van der Waals surface area contributed by atoms with E-state index in [2.05, 4.69) is 0 Å². The maximum absolute atomic E-state index is 13.5. The van der Waals surface area contributed by atoms with E-state index in [-0.39, 0.29) is 5.56 Å². The van der Waals surface area contributed by atoms with Gasteiger partial charge in [0.15, 0.2) is 17.4 Å². The first-order valence-electron chi connectivity index (χ1n) is 5.59. The Morgan fingerprint density at radius 1 is 1.35 bits per heavy atom. The summed E-state index contributed by atoms with van der Waals surface area (Å²) in [6, 6.07) is 3.57. The van der Waals surface area contributed by atoms with E-state index in [4.69, 9.17) is 4.74 Å². The zero-order chi connectivity index (χ0) is 13.1. The van der Waals surface area contributed by atoms with Gasteiger partial charge in [-0.1, -0.05) is 13.0 Å². The van der Waals surface area contributed by atoms with E-state index in [1.807, 2.05) is 0 Å². The first-order chi connectivity index (χ1) is 7.96. The van der Waals surface area contributed by atoms with Crippen molar-refractivity contribution >= 4 is 5.78 Å². The molecule has 94 valence electrons. The Hall–Kier alpha value is -1.29. The van der Waals surface area contributed by atoms with Crippen LogP contribution in [0, 0.1) is 11.6 Å². The first-order valence-corrected chi connectivity index (χ1v) is 5.59. The molecule has 0 spiro atoms. The molecule has 0 aliphatic heterocycles. The molecule has 1 aromatic carbocycles. The largest absolute Gasteiger partial charge is 0.367 e. The second kappa shape index (κ2) is 5.36. The third kappa shape index (κ3) is 2.69. The second-order valence-electron chi connectivity index (χ2n) is 3.95. The highest BCUT2D eigenvalue weighted by Gasteiger charge is 2.34. The molecule has 0 heterocycles. The van der Waals surface area contributed by atoms with E-state index in [1.54, 1.807) is 20.8 Å². The summed E-state index contributed by atoms with van der Waals surface area (Å²) in [6.07, 6.45) is 0.398. The zero-order valence-electron chi connectivity index (χ0n) is 10.2. The van der Waals surface area contributed by atoms with E-state index in [0.717, 1.165) is 6.07 Å². The van der Waals surface area contributed by atoms with Crippen molar-refractivity contribution < 1.29 is 18.3 Å². The molecule has 0 radical (unpaired) electrons. The molecule has 0 saturated carbocycles. The quantitative estimate of drug-likeness (QED) is 0.740. The number of carbonyl (C=O) groups excluding carboxylic acids is 1. The predicted octanol–water partition coefficient (Wildman–Crippen LogP) is 3.35. The van der Waals surface area contributed by atoms with Crippen LogP contribution in [0.4, 0.5) is 8.78 Å². The number of ketones is 1. The Bertz CT molecular complexity index is 418. The van der Waals surface area contributed by atoms with Crippen LogP contribution in [0.5, 0.6) is 0 Å². The minimum Gasteiger partial charge on any atom is -0.367 e. The van der Waals surface area contributed by atoms with Gasteiger partial charge in [0.25, 0.3) is 0 Å². The standard InChI is InChI=1S/C13H16F2O2/c1-4-13(3,17-5-2)12(16)9-7-6-8-10(14)11(9)15/h6-8H,4-5H2,1-3H3. The highest BCUT2D eigenvalue weighted by molar-refractivity contribution is 6.02. The van der Waals surface area contributed by atoms with E-state index < -0.39 is 23.0 Å². The molecule has 17 heavy (non-hydrogen) atoms. The molecule has 0 fully saturated rings. The molecule has 0 aliphatic rings. The third-order valence-corrected chi connectivity index (χ3v) is 2.81. The number of carbonyl (C=O) groups is 1. The molecule has 0 amide bonds. The lowest BCUT2D eigenvalue weighted by atomic mass is 9.91. The number of hydrogen-bond donors (Lipinski definition) is 0. The van der Waals surface area contributed by atoms with Crippen molar-refractivity contribution in [3.8, 4) is 0 Å². The van der Waals surface area contributed by atoms with Crippen molar-refractivity contribution in [2.45, 2.75) is 32.8 Å². The van der Waals surface area contributed by atoms with Gasteiger partial charge < -0.3 is 4.74 Å². The highest BCUT2D eigenvalue weighted by Crippen LogP contribution is 2.24. The fourth-order valence-electron chi connectivity index (χ4n) is 1.61. The Labute approximate surface area is 99.6 Å². The Balaban J connectivity index is 3.15. The summed E-state index contributed by atoms with van der Waals surface area (Å²) in [5.41, 5.74) is -1.37. The normalized spacial score (nSPS) is 14.4. The molecule has 1 atom stereocenters.